The Morgan fingerprint density at radius 3 is 3.00 bits per heavy atom. The van der Waals surface area contributed by atoms with Gasteiger partial charge in [0.25, 0.3) is 0 Å². The highest BCUT2D eigenvalue weighted by Crippen LogP contribution is 2.35. The second-order valence-corrected chi connectivity index (χ2v) is 4.63. The zero-order chi connectivity index (χ0) is 12.5. The maximum Gasteiger partial charge on any atom is 0.175 e. The summed E-state index contributed by atoms with van der Waals surface area (Å²) in [6.45, 7) is 1.91. The number of benzene rings is 1. The molecule has 1 aliphatic rings. The normalized spacial score (nSPS) is 15.4. The molecule has 0 saturated carbocycles. The number of hydrogen-bond acceptors (Lipinski definition) is 4. The van der Waals surface area contributed by atoms with Gasteiger partial charge in [-0.15, -0.1) is 0 Å². The van der Waals surface area contributed by atoms with Crippen molar-refractivity contribution >= 4 is 0 Å². The Hall–Kier alpha value is -1.81. The van der Waals surface area contributed by atoms with Crippen molar-refractivity contribution in [2.45, 2.75) is 13.0 Å². The number of hydrogen-bond donors (Lipinski definition) is 0. The first-order valence-electron chi connectivity index (χ1n) is 6.09. The van der Waals surface area contributed by atoms with E-state index in [-0.39, 0.29) is 0 Å². The number of methoxy groups -OCH3 is 1. The van der Waals surface area contributed by atoms with Gasteiger partial charge in [-0.2, -0.15) is 0 Å². The van der Waals surface area contributed by atoms with Crippen molar-refractivity contribution in [1.29, 1.82) is 0 Å². The molecule has 2 heterocycles. The van der Waals surface area contributed by atoms with E-state index in [0.29, 0.717) is 0 Å². The lowest BCUT2D eigenvalue weighted by Gasteiger charge is -2.21. The molecule has 94 valence electrons. The van der Waals surface area contributed by atoms with E-state index in [4.69, 9.17) is 9.26 Å². The average Bonchev–Trinajstić information content (AvgIpc) is 2.81. The van der Waals surface area contributed by atoms with Crippen molar-refractivity contribution < 1.29 is 9.26 Å². The van der Waals surface area contributed by atoms with Crippen LogP contribution in [0.3, 0.4) is 0 Å². The molecular weight excluding hydrogens is 228 g/mol. The Morgan fingerprint density at radius 2 is 2.17 bits per heavy atom. The molecule has 0 radical (unpaired) electrons. The summed E-state index contributed by atoms with van der Waals surface area (Å²) < 4.78 is 10.9. The number of para-hydroxylation sites is 1. The third kappa shape index (κ3) is 1.78. The smallest absolute Gasteiger partial charge is 0.175 e. The molecule has 1 aromatic heterocycles. The predicted octanol–water partition coefficient (Wildman–Crippen LogP) is 2.34. The Morgan fingerprint density at radius 1 is 1.33 bits per heavy atom. The summed E-state index contributed by atoms with van der Waals surface area (Å²) in [6.07, 6.45) is 0.949. The summed E-state index contributed by atoms with van der Waals surface area (Å²) in [5, 5.41) is 4.19. The fourth-order valence-corrected chi connectivity index (χ4v) is 2.39. The van der Waals surface area contributed by atoms with Gasteiger partial charge in [-0.05, 0) is 19.2 Å². The lowest BCUT2D eigenvalue weighted by atomic mass is 10.0. The molecule has 2 aromatic rings. The quantitative estimate of drug-likeness (QED) is 0.812. The van der Waals surface area contributed by atoms with E-state index in [0.717, 1.165) is 42.3 Å². The van der Waals surface area contributed by atoms with Crippen LogP contribution in [0, 0.1) is 0 Å². The maximum absolute atomic E-state index is 5.54. The third-order valence-corrected chi connectivity index (χ3v) is 3.38. The van der Waals surface area contributed by atoms with Crippen LogP contribution in [-0.2, 0) is 13.0 Å². The van der Waals surface area contributed by atoms with Crippen LogP contribution in [0.25, 0.3) is 11.3 Å². The van der Waals surface area contributed by atoms with Crippen molar-refractivity contribution in [3.05, 3.63) is 35.5 Å². The molecule has 4 nitrogen and oxygen atoms in total. The molecule has 0 atom stereocenters. The standard InChI is InChI=1S/C14H16N2O2/c1-16-8-7-12-11(9-16)14(18-15-12)10-5-3-4-6-13(10)17-2/h3-6H,7-9H2,1-2H3. The number of ether oxygens (including phenoxy) is 1. The van der Waals surface area contributed by atoms with Crippen LogP contribution < -0.4 is 4.74 Å². The minimum atomic E-state index is 0.824. The Kier molecular flexibility index (Phi) is 2.80. The number of nitrogens with zero attached hydrogens (tertiary/aromatic N) is 2. The monoisotopic (exact) mass is 244 g/mol. The summed E-state index contributed by atoms with van der Waals surface area (Å²) in [4.78, 5) is 2.28. The Labute approximate surface area is 106 Å². The molecule has 0 aliphatic carbocycles. The van der Waals surface area contributed by atoms with Crippen LogP contribution in [0.5, 0.6) is 5.75 Å². The molecule has 0 amide bonds. The summed E-state index contributed by atoms with van der Waals surface area (Å²) in [7, 11) is 3.79. The zero-order valence-electron chi connectivity index (χ0n) is 10.6. The van der Waals surface area contributed by atoms with Gasteiger partial charge in [0.2, 0.25) is 0 Å². The molecule has 1 aromatic carbocycles. The van der Waals surface area contributed by atoms with Gasteiger partial charge in [-0.1, -0.05) is 17.3 Å². The third-order valence-electron chi connectivity index (χ3n) is 3.38. The van der Waals surface area contributed by atoms with Crippen molar-refractivity contribution in [2.24, 2.45) is 0 Å². The van der Waals surface area contributed by atoms with E-state index in [1.165, 1.54) is 5.56 Å². The first kappa shape index (κ1) is 11.3. The van der Waals surface area contributed by atoms with Gasteiger partial charge in [-0.25, -0.2) is 0 Å². The number of rotatable bonds is 2. The maximum atomic E-state index is 5.54. The van der Waals surface area contributed by atoms with E-state index in [1.807, 2.05) is 24.3 Å². The lowest BCUT2D eigenvalue weighted by molar-refractivity contribution is 0.311. The van der Waals surface area contributed by atoms with E-state index in [2.05, 4.69) is 17.1 Å². The van der Waals surface area contributed by atoms with Crippen molar-refractivity contribution in [3.8, 4) is 17.1 Å². The molecule has 0 bridgehead atoms. The molecule has 18 heavy (non-hydrogen) atoms. The van der Waals surface area contributed by atoms with Crippen LogP contribution in [0.15, 0.2) is 28.8 Å². The van der Waals surface area contributed by atoms with Gasteiger partial charge in [-0.3, -0.25) is 0 Å². The second kappa shape index (κ2) is 4.46. The summed E-state index contributed by atoms with van der Waals surface area (Å²) in [5.74, 6) is 1.67. The van der Waals surface area contributed by atoms with Crippen LogP contribution in [0.4, 0.5) is 0 Å². The van der Waals surface area contributed by atoms with E-state index >= 15 is 0 Å². The molecule has 0 saturated heterocycles. The highest BCUT2D eigenvalue weighted by Gasteiger charge is 2.24. The average molecular weight is 244 g/mol. The van der Waals surface area contributed by atoms with Crippen molar-refractivity contribution in [2.75, 3.05) is 20.7 Å². The van der Waals surface area contributed by atoms with Crippen molar-refractivity contribution in [3.63, 3.8) is 0 Å². The van der Waals surface area contributed by atoms with Gasteiger partial charge in [0.15, 0.2) is 5.76 Å². The van der Waals surface area contributed by atoms with E-state index < -0.39 is 0 Å². The van der Waals surface area contributed by atoms with Crippen LogP contribution in [0.1, 0.15) is 11.3 Å². The van der Waals surface area contributed by atoms with Crippen LogP contribution in [-0.4, -0.2) is 30.8 Å². The van der Waals surface area contributed by atoms with Gasteiger partial charge in [0.1, 0.15) is 5.75 Å². The lowest BCUT2D eigenvalue weighted by Crippen LogP contribution is -2.26. The molecule has 1 aliphatic heterocycles. The number of fused-ring (bicyclic) bond motifs is 1. The fraction of sp³-hybridized carbons (Fsp3) is 0.357. The first-order valence-corrected chi connectivity index (χ1v) is 6.09. The minimum Gasteiger partial charge on any atom is -0.496 e. The predicted molar refractivity (Wildman–Crippen MR) is 68.5 cm³/mol. The molecular formula is C14H16N2O2. The summed E-state index contributed by atoms with van der Waals surface area (Å²) in [5.41, 5.74) is 3.24. The van der Waals surface area contributed by atoms with Gasteiger partial charge in [0, 0.05) is 25.1 Å². The molecule has 3 rings (SSSR count). The van der Waals surface area contributed by atoms with Crippen LogP contribution >= 0.6 is 0 Å². The van der Waals surface area contributed by atoms with E-state index in [1.54, 1.807) is 7.11 Å². The van der Waals surface area contributed by atoms with Gasteiger partial charge < -0.3 is 14.2 Å². The second-order valence-electron chi connectivity index (χ2n) is 4.63. The van der Waals surface area contributed by atoms with Crippen LogP contribution in [0.2, 0.25) is 0 Å². The molecule has 0 unspecified atom stereocenters. The topological polar surface area (TPSA) is 38.5 Å². The fourth-order valence-electron chi connectivity index (χ4n) is 2.39. The van der Waals surface area contributed by atoms with Crippen molar-refractivity contribution in [1.82, 2.24) is 10.1 Å². The first-order chi connectivity index (χ1) is 8.79. The van der Waals surface area contributed by atoms with Gasteiger partial charge in [0.05, 0.1) is 18.4 Å². The zero-order valence-corrected chi connectivity index (χ0v) is 10.6. The number of likely N-dealkylation sites (N-methyl/N-ethyl adjacent to an activating group) is 1. The van der Waals surface area contributed by atoms with E-state index in [9.17, 15) is 0 Å². The molecule has 0 fully saturated rings. The largest absolute Gasteiger partial charge is 0.496 e. The minimum absolute atomic E-state index is 0.824. The molecule has 4 heteroatoms. The molecule has 0 N–H and O–H groups in total. The van der Waals surface area contributed by atoms with Gasteiger partial charge >= 0.3 is 0 Å². The Balaban J connectivity index is 2.10. The molecule has 0 spiro atoms. The number of aromatic nitrogens is 1. The highest BCUT2D eigenvalue weighted by molar-refractivity contribution is 5.69. The summed E-state index contributed by atoms with van der Waals surface area (Å²) in [6, 6.07) is 7.89. The summed E-state index contributed by atoms with van der Waals surface area (Å²) >= 11 is 0. The Bertz CT molecular complexity index is 563. The highest BCUT2D eigenvalue weighted by atomic mass is 16.5. The SMILES string of the molecule is COc1ccccc1-c1onc2c1CN(C)CC2.